The fraction of sp³-hybridized carbons (Fsp3) is 0.533. The van der Waals surface area contributed by atoms with E-state index in [1.165, 1.54) is 7.11 Å². The summed E-state index contributed by atoms with van der Waals surface area (Å²) in [6.45, 7) is 4.11. The topological polar surface area (TPSA) is 66.5 Å². The standard InChI is InChI=1S/C15H20BNO6/c1-19-15(18)12-2-4-13(5-3-12)20-11-14-10-17-6-8-21-16(23-14)22-9-7-17/h2-5,14H,6-11H2,1H3/t14-/m0/s1. The van der Waals surface area contributed by atoms with Crippen LogP contribution in [0, 0.1) is 0 Å². The fourth-order valence-corrected chi connectivity index (χ4v) is 2.55. The predicted octanol–water partition coefficient (Wildman–Crippen LogP) is 0.585. The maximum Gasteiger partial charge on any atom is 0.639 e. The van der Waals surface area contributed by atoms with Gasteiger partial charge in [0.2, 0.25) is 0 Å². The molecule has 0 unspecified atom stereocenters. The van der Waals surface area contributed by atoms with Crippen LogP contribution in [-0.4, -0.2) is 70.9 Å². The average Bonchev–Trinajstić information content (AvgIpc) is 2.52. The second-order valence-corrected chi connectivity index (χ2v) is 5.42. The molecule has 3 aliphatic heterocycles. The zero-order valence-corrected chi connectivity index (χ0v) is 13.1. The van der Waals surface area contributed by atoms with Gasteiger partial charge in [-0.3, -0.25) is 4.90 Å². The number of carbonyl (C=O) groups is 1. The van der Waals surface area contributed by atoms with Crippen LogP contribution < -0.4 is 4.74 Å². The number of ether oxygens (including phenoxy) is 2. The normalized spacial score (nSPS) is 24.5. The van der Waals surface area contributed by atoms with Gasteiger partial charge in [-0.1, -0.05) is 0 Å². The van der Waals surface area contributed by atoms with Crippen LogP contribution >= 0.6 is 0 Å². The molecule has 0 aromatic heterocycles. The highest BCUT2D eigenvalue weighted by molar-refractivity contribution is 6.36. The molecule has 2 bridgehead atoms. The molecule has 124 valence electrons. The number of rotatable bonds is 4. The van der Waals surface area contributed by atoms with E-state index in [1.54, 1.807) is 24.3 Å². The highest BCUT2D eigenvalue weighted by atomic mass is 16.7. The van der Waals surface area contributed by atoms with E-state index in [9.17, 15) is 4.79 Å². The number of fused-ring (bicyclic) bond motifs is 6. The molecule has 3 aliphatic rings. The summed E-state index contributed by atoms with van der Waals surface area (Å²) in [5.74, 6) is 0.306. The summed E-state index contributed by atoms with van der Waals surface area (Å²) in [6.07, 6.45) is -0.138. The van der Waals surface area contributed by atoms with E-state index in [1.807, 2.05) is 0 Å². The quantitative estimate of drug-likeness (QED) is 0.594. The molecule has 23 heavy (non-hydrogen) atoms. The molecule has 0 radical (unpaired) electrons. The summed E-state index contributed by atoms with van der Waals surface area (Å²) in [5.41, 5.74) is 0.490. The molecule has 1 atom stereocenters. The van der Waals surface area contributed by atoms with Crippen molar-refractivity contribution >= 4 is 13.3 Å². The highest BCUT2D eigenvalue weighted by Crippen LogP contribution is 2.15. The van der Waals surface area contributed by atoms with Gasteiger partial charge < -0.3 is 23.4 Å². The van der Waals surface area contributed by atoms with Gasteiger partial charge in [-0.25, -0.2) is 4.79 Å². The molecule has 7 nitrogen and oxygen atoms in total. The molecule has 0 aliphatic carbocycles. The lowest BCUT2D eigenvalue weighted by Crippen LogP contribution is -2.51. The van der Waals surface area contributed by atoms with Crippen LogP contribution in [0.1, 0.15) is 10.4 Å². The van der Waals surface area contributed by atoms with Crippen LogP contribution in [-0.2, 0) is 18.7 Å². The van der Waals surface area contributed by atoms with E-state index in [0.717, 1.165) is 19.6 Å². The first kappa shape index (κ1) is 16.3. The Bertz CT molecular complexity index is 501. The summed E-state index contributed by atoms with van der Waals surface area (Å²) < 4.78 is 27.2. The lowest BCUT2D eigenvalue weighted by molar-refractivity contribution is -0.0321. The Morgan fingerprint density at radius 1 is 1.26 bits per heavy atom. The van der Waals surface area contributed by atoms with Gasteiger partial charge in [0, 0.05) is 32.8 Å². The Kier molecular flexibility index (Phi) is 5.50. The summed E-state index contributed by atoms with van der Waals surface area (Å²) in [7, 11) is 0.738. The Labute approximate surface area is 135 Å². The van der Waals surface area contributed by atoms with Crippen LogP contribution in [0.15, 0.2) is 24.3 Å². The number of esters is 1. The number of hydrogen-bond acceptors (Lipinski definition) is 7. The minimum absolute atomic E-state index is 0.138. The number of carbonyl (C=O) groups excluding carboxylic acids is 1. The predicted molar refractivity (Wildman–Crippen MR) is 82.2 cm³/mol. The van der Waals surface area contributed by atoms with Gasteiger partial charge in [-0.2, -0.15) is 0 Å². The van der Waals surface area contributed by atoms with E-state index in [4.69, 9.17) is 18.7 Å². The maximum atomic E-state index is 11.4. The van der Waals surface area contributed by atoms with Crippen molar-refractivity contribution in [3.63, 3.8) is 0 Å². The van der Waals surface area contributed by atoms with Crippen molar-refractivity contribution in [3.8, 4) is 5.75 Å². The summed E-state index contributed by atoms with van der Waals surface area (Å²) in [5, 5.41) is 0. The van der Waals surface area contributed by atoms with Crippen molar-refractivity contribution in [1.82, 2.24) is 4.90 Å². The first-order valence-corrected chi connectivity index (χ1v) is 7.67. The lowest BCUT2D eigenvalue weighted by atomic mass is 10.1. The Morgan fingerprint density at radius 3 is 2.61 bits per heavy atom. The molecule has 3 saturated heterocycles. The van der Waals surface area contributed by atoms with E-state index < -0.39 is 7.32 Å². The molecule has 4 rings (SSSR count). The third-order valence-electron chi connectivity index (χ3n) is 3.80. The second-order valence-electron chi connectivity index (χ2n) is 5.42. The third kappa shape index (κ3) is 4.45. The smallest absolute Gasteiger partial charge is 0.491 e. The van der Waals surface area contributed by atoms with Crippen molar-refractivity contribution in [2.24, 2.45) is 0 Å². The van der Waals surface area contributed by atoms with Gasteiger partial charge in [-0.05, 0) is 24.3 Å². The first-order chi connectivity index (χ1) is 11.2. The van der Waals surface area contributed by atoms with Crippen LogP contribution in [0.5, 0.6) is 5.75 Å². The van der Waals surface area contributed by atoms with Crippen LogP contribution in [0.3, 0.4) is 0 Å². The molecule has 1 aromatic rings. The van der Waals surface area contributed by atoms with Crippen molar-refractivity contribution < 1.29 is 28.2 Å². The molecule has 0 amide bonds. The van der Waals surface area contributed by atoms with E-state index in [0.29, 0.717) is 31.1 Å². The summed E-state index contributed by atoms with van der Waals surface area (Å²) in [6, 6.07) is 6.82. The molecule has 3 heterocycles. The average molecular weight is 321 g/mol. The molecular weight excluding hydrogens is 301 g/mol. The lowest BCUT2D eigenvalue weighted by Gasteiger charge is -2.34. The zero-order valence-electron chi connectivity index (χ0n) is 13.1. The molecule has 3 fully saturated rings. The van der Waals surface area contributed by atoms with Gasteiger partial charge in [0.15, 0.2) is 0 Å². The SMILES string of the molecule is COC(=O)c1ccc(OC[C@@H]2CN3CCOB(OCC3)O2)cc1. The number of benzene rings is 1. The van der Waals surface area contributed by atoms with Gasteiger partial charge in [0.05, 0.1) is 18.8 Å². The van der Waals surface area contributed by atoms with Crippen LogP contribution in [0.4, 0.5) is 0 Å². The van der Waals surface area contributed by atoms with E-state index in [-0.39, 0.29) is 12.1 Å². The van der Waals surface area contributed by atoms with Crippen molar-refractivity contribution in [3.05, 3.63) is 29.8 Å². The third-order valence-corrected chi connectivity index (χ3v) is 3.80. The number of hydrogen-bond donors (Lipinski definition) is 0. The Morgan fingerprint density at radius 2 is 1.96 bits per heavy atom. The molecular formula is C15H20BNO6. The minimum atomic E-state index is -0.618. The van der Waals surface area contributed by atoms with Crippen molar-refractivity contribution in [1.29, 1.82) is 0 Å². The first-order valence-electron chi connectivity index (χ1n) is 7.67. The van der Waals surface area contributed by atoms with E-state index >= 15 is 0 Å². The minimum Gasteiger partial charge on any atom is -0.491 e. The van der Waals surface area contributed by atoms with Crippen LogP contribution in [0.25, 0.3) is 0 Å². The summed E-state index contributed by atoms with van der Waals surface area (Å²) in [4.78, 5) is 13.6. The fourth-order valence-electron chi connectivity index (χ4n) is 2.55. The molecule has 1 aromatic carbocycles. The highest BCUT2D eigenvalue weighted by Gasteiger charge is 2.32. The molecule has 8 heteroatoms. The van der Waals surface area contributed by atoms with Crippen molar-refractivity contribution in [2.75, 3.05) is 46.6 Å². The van der Waals surface area contributed by atoms with Crippen LogP contribution in [0.2, 0.25) is 0 Å². The Balaban J connectivity index is 1.55. The maximum absolute atomic E-state index is 11.4. The summed E-state index contributed by atoms with van der Waals surface area (Å²) >= 11 is 0. The van der Waals surface area contributed by atoms with E-state index in [2.05, 4.69) is 9.64 Å². The van der Waals surface area contributed by atoms with Gasteiger partial charge in [0.25, 0.3) is 0 Å². The zero-order chi connectivity index (χ0) is 16.1. The molecule has 0 N–H and O–H groups in total. The van der Waals surface area contributed by atoms with Gasteiger partial charge >= 0.3 is 13.3 Å². The largest absolute Gasteiger partial charge is 0.639 e. The molecule has 0 saturated carbocycles. The van der Waals surface area contributed by atoms with Gasteiger partial charge in [0.1, 0.15) is 12.4 Å². The van der Waals surface area contributed by atoms with Crippen molar-refractivity contribution in [2.45, 2.75) is 6.10 Å². The molecule has 0 spiro atoms. The second kappa shape index (κ2) is 7.78. The Hall–Kier alpha value is -1.61. The number of methoxy groups -OCH3 is 1. The number of nitrogens with zero attached hydrogens (tertiary/aromatic N) is 1. The monoisotopic (exact) mass is 321 g/mol. The van der Waals surface area contributed by atoms with Gasteiger partial charge in [-0.15, -0.1) is 0 Å².